The van der Waals surface area contributed by atoms with Gasteiger partial charge in [0.1, 0.15) is 24.0 Å². The van der Waals surface area contributed by atoms with Gasteiger partial charge in [0.2, 0.25) is 0 Å². The first-order chi connectivity index (χ1) is 16.5. The predicted molar refractivity (Wildman–Crippen MR) is 122 cm³/mol. The third-order valence-electron chi connectivity index (χ3n) is 4.48. The van der Waals surface area contributed by atoms with E-state index >= 15 is 0 Å². The summed E-state index contributed by atoms with van der Waals surface area (Å²) in [6, 6.07) is 9.68. The van der Waals surface area contributed by atoms with Crippen LogP contribution in [0.25, 0.3) is 11.3 Å². The summed E-state index contributed by atoms with van der Waals surface area (Å²) in [6.07, 6.45) is 5.05. The molecule has 0 bridgehead atoms. The van der Waals surface area contributed by atoms with Crippen molar-refractivity contribution in [2.24, 2.45) is 5.73 Å². The summed E-state index contributed by atoms with van der Waals surface area (Å²) in [7, 11) is 1.50. The number of halogens is 1. The molecule has 0 aliphatic rings. The monoisotopic (exact) mass is 465 g/mol. The van der Waals surface area contributed by atoms with Crippen molar-refractivity contribution in [3.05, 3.63) is 88.1 Å². The van der Waals surface area contributed by atoms with Gasteiger partial charge >= 0.3 is 0 Å². The molecule has 0 spiro atoms. The summed E-state index contributed by atoms with van der Waals surface area (Å²) in [4.78, 5) is 30.6. The number of carbonyl (C=O) groups is 1. The van der Waals surface area contributed by atoms with E-state index in [9.17, 15) is 19.3 Å². The molecule has 0 saturated carbocycles. The van der Waals surface area contributed by atoms with Crippen LogP contribution >= 0.6 is 0 Å². The Balaban J connectivity index is 0.00000158. The van der Waals surface area contributed by atoms with Crippen LogP contribution in [0.15, 0.2) is 61.1 Å². The Bertz CT molecular complexity index is 1260. The Hall–Kier alpha value is -4.71. The van der Waals surface area contributed by atoms with Crippen molar-refractivity contribution in [2.75, 3.05) is 12.4 Å². The zero-order valence-corrected chi connectivity index (χ0v) is 17.9. The number of nitrogens with zero attached hydrogens (tertiary/aromatic N) is 4. The summed E-state index contributed by atoms with van der Waals surface area (Å²) < 4.78 is 18.9. The number of hydrogen-bond acceptors (Lipinski definition) is 9. The number of nitrogens with two attached hydrogens (primary N) is 1. The fraction of sp³-hybridized carbons (Fsp3) is 0.0909. The number of nitro benzene ring substituents is 1. The number of nitrogens with one attached hydrogen (secondary N) is 2. The minimum absolute atomic E-state index is 0.0315. The fourth-order valence-electron chi connectivity index (χ4n) is 2.94. The van der Waals surface area contributed by atoms with Gasteiger partial charge in [0, 0.05) is 24.0 Å². The molecular weight excluding hydrogens is 445 g/mol. The number of aldehydes is 1. The Morgan fingerprint density at radius 3 is 2.62 bits per heavy atom. The van der Waals surface area contributed by atoms with E-state index in [0.29, 0.717) is 28.9 Å². The number of anilines is 2. The highest BCUT2D eigenvalue weighted by Gasteiger charge is 2.21. The van der Waals surface area contributed by atoms with E-state index in [-0.39, 0.29) is 35.2 Å². The number of non-ortho nitro benzene ring substituents is 1. The number of hydrogen-bond donors (Lipinski definition) is 3. The molecule has 0 unspecified atom stereocenters. The standard InChI is InChI=1S/C21H15FN6O4.CH5N/c22-14-3-1-13(2-4-14)12-32-18-9-15(28(30)31)5-6-16(18)20-17(11-29)21(27-26-20)25-19-10-23-7-8-24-19;1-2/h1-11H,12H2,(H2,24,25,26,27);2H2,1H3. The van der Waals surface area contributed by atoms with Crippen LogP contribution in [-0.4, -0.2) is 38.4 Å². The highest BCUT2D eigenvalue weighted by Crippen LogP contribution is 2.36. The predicted octanol–water partition coefficient (Wildman–Crippen LogP) is 3.62. The molecule has 0 atom stereocenters. The number of benzene rings is 2. The van der Waals surface area contributed by atoms with E-state index in [2.05, 4.69) is 31.2 Å². The van der Waals surface area contributed by atoms with Crippen molar-refractivity contribution in [1.82, 2.24) is 20.2 Å². The lowest BCUT2D eigenvalue weighted by molar-refractivity contribution is -0.384. The van der Waals surface area contributed by atoms with E-state index in [4.69, 9.17) is 4.74 Å². The van der Waals surface area contributed by atoms with Crippen molar-refractivity contribution in [1.29, 1.82) is 0 Å². The molecule has 0 radical (unpaired) electrons. The zero-order chi connectivity index (χ0) is 24.5. The van der Waals surface area contributed by atoms with Gasteiger partial charge < -0.3 is 15.8 Å². The van der Waals surface area contributed by atoms with Gasteiger partial charge in [-0.05, 0) is 30.8 Å². The number of carbonyl (C=O) groups excluding carboxylic acids is 1. The lowest BCUT2D eigenvalue weighted by Crippen LogP contribution is -2.00. The fourth-order valence-corrected chi connectivity index (χ4v) is 2.94. The van der Waals surface area contributed by atoms with E-state index in [1.54, 1.807) is 12.1 Å². The number of ether oxygens (including phenoxy) is 1. The average Bonchev–Trinajstić information content (AvgIpc) is 3.27. The quantitative estimate of drug-likeness (QED) is 0.200. The first kappa shape index (κ1) is 23.9. The van der Waals surface area contributed by atoms with Crippen molar-refractivity contribution < 1.29 is 18.8 Å². The molecule has 4 rings (SSSR count). The molecule has 0 fully saturated rings. The van der Waals surface area contributed by atoms with Crippen molar-refractivity contribution in [2.45, 2.75) is 6.61 Å². The Morgan fingerprint density at radius 1 is 1.21 bits per heavy atom. The maximum Gasteiger partial charge on any atom is 0.273 e. The van der Waals surface area contributed by atoms with E-state index in [0.717, 1.165) is 0 Å². The first-order valence-corrected chi connectivity index (χ1v) is 9.85. The molecule has 34 heavy (non-hydrogen) atoms. The second kappa shape index (κ2) is 11.2. The summed E-state index contributed by atoms with van der Waals surface area (Å²) in [5.41, 5.74) is 5.84. The SMILES string of the molecule is CN.O=Cc1c(Nc2cnccn2)n[nH]c1-c1ccc([N+](=O)[O-])cc1OCc1ccc(F)cc1. The second-order valence-corrected chi connectivity index (χ2v) is 6.55. The average molecular weight is 465 g/mol. The van der Waals surface area contributed by atoms with Crippen LogP contribution in [0.2, 0.25) is 0 Å². The Morgan fingerprint density at radius 2 is 1.97 bits per heavy atom. The van der Waals surface area contributed by atoms with Gasteiger partial charge in [0.05, 0.1) is 28.4 Å². The van der Waals surface area contributed by atoms with Gasteiger partial charge in [0.25, 0.3) is 5.69 Å². The van der Waals surface area contributed by atoms with Crippen LogP contribution in [0, 0.1) is 15.9 Å². The van der Waals surface area contributed by atoms with Crippen LogP contribution in [0.1, 0.15) is 15.9 Å². The van der Waals surface area contributed by atoms with Crippen LogP contribution < -0.4 is 15.8 Å². The molecule has 174 valence electrons. The maximum atomic E-state index is 13.1. The van der Waals surface area contributed by atoms with E-state index < -0.39 is 4.92 Å². The number of aromatic nitrogens is 4. The number of H-pyrrole nitrogens is 1. The molecule has 11 nitrogen and oxygen atoms in total. The molecule has 12 heteroatoms. The van der Waals surface area contributed by atoms with Gasteiger partial charge in [-0.25, -0.2) is 9.37 Å². The topological polar surface area (TPSA) is 162 Å². The highest BCUT2D eigenvalue weighted by molar-refractivity contribution is 5.94. The molecule has 2 heterocycles. The third kappa shape index (κ3) is 5.55. The molecule has 2 aromatic carbocycles. The molecule has 4 aromatic rings. The number of rotatable bonds is 8. The van der Waals surface area contributed by atoms with Crippen LogP contribution in [-0.2, 0) is 6.61 Å². The molecule has 0 saturated heterocycles. The third-order valence-corrected chi connectivity index (χ3v) is 4.48. The lowest BCUT2D eigenvalue weighted by Gasteiger charge is -2.11. The van der Waals surface area contributed by atoms with Gasteiger partial charge in [-0.3, -0.25) is 25.0 Å². The minimum atomic E-state index is -0.552. The molecule has 2 aromatic heterocycles. The Labute approximate surface area is 193 Å². The largest absolute Gasteiger partial charge is 0.488 e. The summed E-state index contributed by atoms with van der Waals surface area (Å²) in [5, 5.41) is 21.0. The molecule has 0 aliphatic heterocycles. The van der Waals surface area contributed by atoms with Crippen LogP contribution in [0.4, 0.5) is 21.7 Å². The lowest BCUT2D eigenvalue weighted by atomic mass is 10.1. The van der Waals surface area contributed by atoms with Gasteiger partial charge in [-0.15, -0.1) is 0 Å². The molecule has 0 amide bonds. The van der Waals surface area contributed by atoms with Gasteiger partial charge in [0.15, 0.2) is 12.1 Å². The summed E-state index contributed by atoms with van der Waals surface area (Å²) in [6.45, 7) is 0.0315. The normalized spacial score (nSPS) is 10.1. The second-order valence-electron chi connectivity index (χ2n) is 6.55. The maximum absolute atomic E-state index is 13.1. The van der Waals surface area contributed by atoms with Crippen molar-refractivity contribution in [3.8, 4) is 17.0 Å². The van der Waals surface area contributed by atoms with Crippen molar-refractivity contribution in [3.63, 3.8) is 0 Å². The van der Waals surface area contributed by atoms with Gasteiger partial charge in [-0.1, -0.05) is 12.1 Å². The molecule has 0 aliphatic carbocycles. The summed E-state index contributed by atoms with van der Waals surface area (Å²) >= 11 is 0. The molecular formula is C22H20FN7O4. The number of aromatic amines is 1. The van der Waals surface area contributed by atoms with Crippen LogP contribution in [0.3, 0.4) is 0 Å². The highest BCUT2D eigenvalue weighted by atomic mass is 19.1. The smallest absolute Gasteiger partial charge is 0.273 e. The first-order valence-electron chi connectivity index (χ1n) is 9.85. The minimum Gasteiger partial charge on any atom is -0.488 e. The zero-order valence-electron chi connectivity index (χ0n) is 17.9. The van der Waals surface area contributed by atoms with Crippen molar-refractivity contribution >= 4 is 23.6 Å². The van der Waals surface area contributed by atoms with Gasteiger partial charge in [-0.2, -0.15) is 5.10 Å². The van der Waals surface area contributed by atoms with Crippen LogP contribution in [0.5, 0.6) is 5.75 Å². The van der Waals surface area contributed by atoms with E-state index in [1.165, 1.54) is 56.0 Å². The summed E-state index contributed by atoms with van der Waals surface area (Å²) in [5.74, 6) is 0.353. The number of nitro groups is 1. The Kier molecular flexibility index (Phi) is 7.92. The molecule has 4 N–H and O–H groups in total. The van der Waals surface area contributed by atoms with E-state index in [1.807, 2.05) is 0 Å².